The van der Waals surface area contributed by atoms with Crippen LogP contribution in [-0.4, -0.2) is 11.7 Å². The first-order valence-corrected chi connectivity index (χ1v) is 9.04. The van der Waals surface area contributed by atoms with Crippen molar-refractivity contribution in [2.45, 2.75) is 19.8 Å². The first-order chi connectivity index (χ1) is 4.15. The van der Waals surface area contributed by atoms with Crippen molar-refractivity contribution in [3.05, 3.63) is 0 Å². The molecule has 0 aromatic carbocycles. The molecule has 0 aliphatic carbocycles. The molecule has 0 aromatic heterocycles. The van der Waals surface area contributed by atoms with Crippen LogP contribution in [0.4, 0.5) is 0 Å². The Kier molecular flexibility index (Phi) is 17.9. The van der Waals surface area contributed by atoms with Crippen molar-refractivity contribution in [2.75, 3.05) is 6.61 Å². The van der Waals surface area contributed by atoms with Crippen LogP contribution in [0.1, 0.15) is 19.8 Å². The van der Waals surface area contributed by atoms with Gasteiger partial charge in [-0.25, -0.2) is 0 Å². The van der Waals surface area contributed by atoms with Crippen molar-refractivity contribution in [1.29, 1.82) is 0 Å². The molecule has 0 rings (SSSR count). The van der Waals surface area contributed by atoms with E-state index in [1.54, 1.807) is 0 Å². The number of unbranched alkanes of at least 4 members (excludes halogenated alkanes) is 1. The van der Waals surface area contributed by atoms with E-state index in [0.717, 1.165) is 12.8 Å². The fourth-order valence-corrected chi connectivity index (χ4v) is 0.158. The summed E-state index contributed by atoms with van der Waals surface area (Å²) < 4.78 is 0. The maximum atomic E-state index is 8.07. The fourth-order valence-electron chi connectivity index (χ4n) is 0.158. The van der Waals surface area contributed by atoms with Crippen LogP contribution in [0, 0.1) is 0 Å². The van der Waals surface area contributed by atoms with Crippen molar-refractivity contribution in [3.63, 3.8) is 0 Å². The minimum absolute atomic E-state index is 0.344. The van der Waals surface area contributed by atoms with Crippen molar-refractivity contribution in [1.82, 2.24) is 0 Å². The Hall–Kier alpha value is 1.54. The molecule has 0 aromatic rings. The van der Waals surface area contributed by atoms with Gasteiger partial charge < -0.3 is 5.11 Å². The number of hydrogen-bond donors (Lipinski definition) is 1. The zero-order valence-electron chi connectivity index (χ0n) is 5.20. The van der Waals surface area contributed by atoms with Crippen LogP contribution in [0.5, 0.6) is 0 Å². The molecule has 1 nitrogen and oxygen atoms in total. The van der Waals surface area contributed by atoms with E-state index in [9.17, 15) is 0 Å². The van der Waals surface area contributed by atoms with Gasteiger partial charge in [-0.3, -0.25) is 0 Å². The van der Waals surface area contributed by atoms with Crippen LogP contribution in [0.2, 0.25) is 0 Å². The average Bonchev–Trinajstić information content (AvgIpc) is 1.66. The molecule has 0 fully saturated rings. The van der Waals surface area contributed by atoms with Crippen LogP contribution in [0.15, 0.2) is 0 Å². The van der Waals surface area contributed by atoms with Crippen LogP contribution in [0.25, 0.3) is 0 Å². The van der Waals surface area contributed by atoms with Gasteiger partial charge in [-0.15, -0.1) is 0 Å². The van der Waals surface area contributed by atoms with Gasteiger partial charge in [0.25, 0.3) is 0 Å². The molecule has 0 aliphatic heterocycles. The zero-order chi connectivity index (χ0) is 7.70. The van der Waals surface area contributed by atoms with Gasteiger partial charge in [0, 0.05) is 6.61 Å². The van der Waals surface area contributed by atoms with Crippen LogP contribution >= 0.6 is 27.9 Å². The molecule has 0 heterocycles. The molecule has 9 heavy (non-hydrogen) atoms. The van der Waals surface area contributed by atoms with E-state index in [2.05, 4.69) is 6.92 Å². The van der Waals surface area contributed by atoms with Crippen LogP contribution in [-0.2, 0) is 14.7 Å². The summed E-state index contributed by atoms with van der Waals surface area (Å²) in [5.74, 6) is 0. The molecule has 0 saturated carbocycles. The van der Waals surface area contributed by atoms with Crippen LogP contribution in [0.3, 0.4) is 0 Å². The monoisotopic (exact) mass is 227 g/mol. The summed E-state index contributed by atoms with van der Waals surface area (Å²) in [6, 6.07) is 0. The number of hydrogen-bond acceptors (Lipinski definition) is 1. The second-order valence-corrected chi connectivity index (χ2v) is 9.03. The molecule has 0 unspecified atom stereocenters. The quantitative estimate of drug-likeness (QED) is 0.721. The Bertz CT molecular complexity index is 40.0. The molecule has 0 amide bonds. The zero-order valence-corrected chi connectivity index (χ0v) is 9.03. The van der Waals surface area contributed by atoms with Gasteiger partial charge in [-0.05, 0) is 6.42 Å². The predicted molar refractivity (Wildman–Crippen MR) is 39.6 cm³/mol. The van der Waals surface area contributed by atoms with E-state index in [1.807, 2.05) is 0 Å². The molecule has 0 radical (unpaired) electrons. The van der Waals surface area contributed by atoms with E-state index in [0.29, 0.717) is 6.61 Å². The van der Waals surface area contributed by atoms with E-state index in [4.69, 9.17) is 33.0 Å². The first-order valence-electron chi connectivity index (χ1n) is 2.59. The third-order valence-corrected chi connectivity index (χ3v) is 0.512. The predicted octanol–water partition coefficient (Wildman–Crippen LogP) is 2.84. The summed E-state index contributed by atoms with van der Waals surface area (Å²) in [6.07, 6.45) is 2.04. The molecular formula is C4H10Cl3OTi. The molecule has 0 atom stereocenters. The summed E-state index contributed by atoms with van der Waals surface area (Å²) >= 11 is -1.92. The first kappa shape index (κ1) is 13.2. The van der Waals surface area contributed by atoms with Gasteiger partial charge in [0.15, 0.2) is 0 Å². The second kappa shape index (κ2) is 12.2. The van der Waals surface area contributed by atoms with Crippen molar-refractivity contribution in [2.24, 2.45) is 0 Å². The molecular weight excluding hydrogens is 218 g/mol. The Morgan fingerprint density at radius 1 is 1.33 bits per heavy atom. The Balaban J connectivity index is 0. The van der Waals surface area contributed by atoms with Gasteiger partial charge in [-0.1, -0.05) is 13.3 Å². The maximum absolute atomic E-state index is 8.07. The Labute approximate surface area is 73.8 Å². The number of aliphatic hydroxyl groups excluding tert-OH is 1. The Morgan fingerprint density at radius 3 is 1.67 bits per heavy atom. The number of halogens is 3. The SMILES string of the molecule is CCCCO.[Cl][Ti]([Cl])[Cl]. The summed E-state index contributed by atoms with van der Waals surface area (Å²) in [7, 11) is 14.9. The molecule has 5 heteroatoms. The summed E-state index contributed by atoms with van der Waals surface area (Å²) in [6.45, 7) is 2.40. The van der Waals surface area contributed by atoms with Gasteiger partial charge in [0.1, 0.15) is 0 Å². The van der Waals surface area contributed by atoms with Gasteiger partial charge >= 0.3 is 42.6 Å². The standard InChI is InChI=1S/C4H10O.3ClH.Ti/c1-2-3-4-5;;;;/h5H,2-4H2,1H3;3*1H;/q;;;;+3/p-3. The van der Waals surface area contributed by atoms with E-state index < -0.39 is 14.7 Å². The Morgan fingerprint density at radius 2 is 1.67 bits per heavy atom. The molecule has 57 valence electrons. The van der Waals surface area contributed by atoms with Gasteiger partial charge in [0.05, 0.1) is 0 Å². The molecule has 0 bridgehead atoms. The molecule has 0 aliphatic rings. The number of aliphatic hydroxyl groups is 1. The topological polar surface area (TPSA) is 20.2 Å². The molecule has 1 N–H and O–H groups in total. The summed E-state index contributed by atoms with van der Waals surface area (Å²) in [4.78, 5) is 0. The average molecular weight is 228 g/mol. The summed E-state index contributed by atoms with van der Waals surface area (Å²) in [5.41, 5.74) is 0. The van der Waals surface area contributed by atoms with Crippen molar-refractivity contribution < 1.29 is 19.8 Å². The van der Waals surface area contributed by atoms with Crippen LogP contribution < -0.4 is 0 Å². The van der Waals surface area contributed by atoms with Crippen molar-refractivity contribution in [3.8, 4) is 0 Å². The van der Waals surface area contributed by atoms with Gasteiger partial charge in [0.2, 0.25) is 0 Å². The number of rotatable bonds is 2. The third-order valence-electron chi connectivity index (χ3n) is 0.512. The fraction of sp³-hybridized carbons (Fsp3) is 1.00. The summed E-state index contributed by atoms with van der Waals surface area (Å²) in [5, 5.41) is 8.07. The molecule has 0 spiro atoms. The van der Waals surface area contributed by atoms with Crippen molar-refractivity contribution >= 4 is 27.9 Å². The van der Waals surface area contributed by atoms with Gasteiger partial charge in [-0.2, -0.15) is 0 Å². The molecule has 0 saturated heterocycles. The third kappa shape index (κ3) is 43.2. The van der Waals surface area contributed by atoms with E-state index in [1.165, 1.54) is 0 Å². The normalized spacial score (nSPS) is 7.67. The minimum atomic E-state index is -1.92. The van der Waals surface area contributed by atoms with E-state index >= 15 is 0 Å². The van der Waals surface area contributed by atoms with E-state index in [-0.39, 0.29) is 0 Å². The second-order valence-electron chi connectivity index (χ2n) is 1.29.